The number of rotatable bonds is 3. The van der Waals surface area contributed by atoms with Gasteiger partial charge in [0.15, 0.2) is 10.6 Å². The highest BCUT2D eigenvalue weighted by Gasteiger charge is 2.29. The van der Waals surface area contributed by atoms with Crippen LogP contribution in [-0.2, 0) is 0 Å². The zero-order valence-electron chi connectivity index (χ0n) is 16.7. The Labute approximate surface area is 191 Å². The topological polar surface area (TPSA) is 95.6 Å². The number of benzene rings is 1. The fourth-order valence-electron chi connectivity index (χ4n) is 3.61. The number of aromatic nitrogens is 2. The van der Waals surface area contributed by atoms with Crippen LogP contribution in [0.2, 0.25) is 10.2 Å². The van der Waals surface area contributed by atoms with Crippen molar-refractivity contribution in [1.29, 1.82) is 0 Å². The molecule has 0 unspecified atom stereocenters. The summed E-state index contributed by atoms with van der Waals surface area (Å²) in [6.07, 6.45) is 0. The van der Waals surface area contributed by atoms with Gasteiger partial charge in [-0.1, -0.05) is 29.3 Å². The number of nitrogens with zero attached hydrogens (tertiary/aromatic N) is 3. The number of carbonyl (C=O) groups is 2. The first-order valence-electron chi connectivity index (χ1n) is 9.41. The molecule has 1 fully saturated rings. The number of fused-ring (bicyclic) bond motifs is 1. The van der Waals surface area contributed by atoms with E-state index in [1.807, 2.05) is 6.92 Å². The van der Waals surface area contributed by atoms with Gasteiger partial charge in [0.25, 0.3) is 11.8 Å². The van der Waals surface area contributed by atoms with Crippen molar-refractivity contribution in [3.05, 3.63) is 54.7 Å². The summed E-state index contributed by atoms with van der Waals surface area (Å²) >= 11 is 12.8. The van der Waals surface area contributed by atoms with E-state index in [2.05, 4.69) is 9.36 Å². The standard InChI is InChI=1S/C20H18Cl2N4O4S/c1-10-3-4-13(30-2)16-14(10)12(27)9-11(23-16)19(28)25-5-7-26(8-6-25)20(29)17-15(21)18(22)24-31-17/h3-4,9H,5-8H2,1-2H3,(H,23,27). The van der Waals surface area contributed by atoms with Gasteiger partial charge in [-0.25, -0.2) is 0 Å². The minimum absolute atomic E-state index is 0.106. The molecular weight excluding hydrogens is 463 g/mol. The monoisotopic (exact) mass is 480 g/mol. The molecule has 8 nitrogen and oxygen atoms in total. The van der Waals surface area contributed by atoms with Crippen molar-refractivity contribution in [2.24, 2.45) is 0 Å². The van der Waals surface area contributed by atoms with E-state index in [1.165, 1.54) is 13.2 Å². The van der Waals surface area contributed by atoms with Crippen LogP contribution in [0.4, 0.5) is 0 Å². The van der Waals surface area contributed by atoms with Gasteiger partial charge in [-0.2, -0.15) is 4.37 Å². The number of pyridine rings is 1. The van der Waals surface area contributed by atoms with Crippen LogP contribution in [-0.4, -0.2) is 64.3 Å². The van der Waals surface area contributed by atoms with E-state index >= 15 is 0 Å². The van der Waals surface area contributed by atoms with Gasteiger partial charge in [-0.3, -0.25) is 14.4 Å². The van der Waals surface area contributed by atoms with Crippen molar-refractivity contribution in [2.45, 2.75) is 6.92 Å². The number of methoxy groups -OCH3 is 1. The smallest absolute Gasteiger partial charge is 0.270 e. The molecule has 1 N–H and O–H groups in total. The van der Waals surface area contributed by atoms with Crippen LogP contribution in [0.5, 0.6) is 5.75 Å². The Morgan fingerprint density at radius 3 is 2.35 bits per heavy atom. The summed E-state index contributed by atoms with van der Waals surface area (Å²) < 4.78 is 9.24. The van der Waals surface area contributed by atoms with Crippen molar-refractivity contribution in [3.63, 3.8) is 0 Å². The average molecular weight is 481 g/mol. The molecule has 1 saturated heterocycles. The SMILES string of the molecule is COc1ccc(C)c2c(=O)cc(C(=O)N3CCN(C(=O)c4snc(Cl)c4Cl)CC3)[nH]c12. The van der Waals surface area contributed by atoms with Gasteiger partial charge >= 0.3 is 0 Å². The number of aryl methyl sites for hydroxylation is 1. The third-order valence-electron chi connectivity index (χ3n) is 5.25. The highest BCUT2D eigenvalue weighted by atomic mass is 35.5. The van der Waals surface area contributed by atoms with E-state index in [-0.39, 0.29) is 38.0 Å². The van der Waals surface area contributed by atoms with Crippen LogP contribution < -0.4 is 10.2 Å². The molecule has 0 saturated carbocycles. The molecule has 2 aromatic heterocycles. The average Bonchev–Trinajstić information content (AvgIpc) is 3.11. The number of piperazine rings is 1. The molecule has 0 spiro atoms. The Hall–Kier alpha value is -2.62. The van der Waals surface area contributed by atoms with Gasteiger partial charge in [-0.05, 0) is 30.1 Å². The van der Waals surface area contributed by atoms with Crippen LogP contribution in [0.25, 0.3) is 10.9 Å². The van der Waals surface area contributed by atoms with Crippen molar-refractivity contribution >= 4 is 57.5 Å². The first-order chi connectivity index (χ1) is 14.8. The minimum atomic E-state index is -0.312. The lowest BCUT2D eigenvalue weighted by molar-refractivity contribution is 0.0535. The lowest BCUT2D eigenvalue weighted by Crippen LogP contribution is -2.50. The molecule has 4 rings (SSSR count). The number of nitrogens with one attached hydrogen (secondary N) is 1. The number of ether oxygens (including phenoxy) is 1. The van der Waals surface area contributed by atoms with Crippen molar-refractivity contribution in [3.8, 4) is 5.75 Å². The van der Waals surface area contributed by atoms with E-state index in [9.17, 15) is 14.4 Å². The van der Waals surface area contributed by atoms with E-state index in [4.69, 9.17) is 27.9 Å². The van der Waals surface area contributed by atoms with E-state index in [0.717, 1.165) is 17.1 Å². The van der Waals surface area contributed by atoms with Gasteiger partial charge in [0.05, 0.1) is 18.0 Å². The second-order valence-corrected chi connectivity index (χ2v) is 8.59. The highest BCUT2D eigenvalue weighted by molar-refractivity contribution is 7.09. The summed E-state index contributed by atoms with van der Waals surface area (Å²) in [4.78, 5) is 44.9. The van der Waals surface area contributed by atoms with Gasteiger partial charge in [0.1, 0.15) is 21.3 Å². The molecule has 162 valence electrons. The number of aromatic amines is 1. The van der Waals surface area contributed by atoms with Gasteiger partial charge in [0, 0.05) is 32.2 Å². The largest absolute Gasteiger partial charge is 0.495 e. The second kappa shape index (κ2) is 8.49. The number of halogens is 2. The Kier molecular flexibility index (Phi) is 5.92. The molecule has 1 aliphatic heterocycles. The number of carbonyl (C=O) groups excluding carboxylic acids is 2. The fourth-order valence-corrected chi connectivity index (χ4v) is 4.79. The summed E-state index contributed by atoms with van der Waals surface area (Å²) in [5.74, 6) is -0.0859. The quantitative estimate of drug-likeness (QED) is 0.620. The molecule has 11 heteroatoms. The molecule has 1 aromatic carbocycles. The predicted molar refractivity (Wildman–Crippen MR) is 120 cm³/mol. The van der Waals surface area contributed by atoms with Crippen LogP contribution in [0.3, 0.4) is 0 Å². The zero-order chi connectivity index (χ0) is 22.3. The molecule has 31 heavy (non-hydrogen) atoms. The molecule has 0 aliphatic carbocycles. The normalized spacial score (nSPS) is 14.2. The van der Waals surface area contributed by atoms with E-state index in [1.54, 1.807) is 21.9 Å². The second-order valence-electron chi connectivity index (χ2n) is 7.08. The van der Waals surface area contributed by atoms with Crippen molar-refractivity contribution in [1.82, 2.24) is 19.2 Å². The lowest BCUT2D eigenvalue weighted by atomic mass is 10.1. The molecule has 0 bridgehead atoms. The number of hydrogen-bond donors (Lipinski definition) is 1. The van der Waals surface area contributed by atoms with E-state index in [0.29, 0.717) is 42.8 Å². The summed E-state index contributed by atoms with van der Waals surface area (Å²) in [5.41, 5.74) is 1.21. The highest BCUT2D eigenvalue weighted by Crippen LogP contribution is 2.30. The molecular formula is C20H18Cl2N4O4S. The molecule has 0 atom stereocenters. The van der Waals surface area contributed by atoms with Crippen molar-refractivity contribution < 1.29 is 14.3 Å². The Morgan fingerprint density at radius 1 is 1.13 bits per heavy atom. The zero-order valence-corrected chi connectivity index (χ0v) is 19.0. The molecule has 2 amide bonds. The summed E-state index contributed by atoms with van der Waals surface area (Å²) in [7, 11) is 1.51. The summed E-state index contributed by atoms with van der Waals surface area (Å²) in [6, 6.07) is 4.87. The van der Waals surface area contributed by atoms with E-state index < -0.39 is 0 Å². The lowest BCUT2D eigenvalue weighted by Gasteiger charge is -2.34. The fraction of sp³-hybridized carbons (Fsp3) is 0.300. The molecule has 1 aliphatic rings. The summed E-state index contributed by atoms with van der Waals surface area (Å²) in [5, 5.41) is 0.745. The molecule has 0 radical (unpaired) electrons. The maximum atomic E-state index is 13.0. The number of H-pyrrole nitrogens is 1. The summed E-state index contributed by atoms with van der Waals surface area (Å²) in [6.45, 7) is 3.13. The molecule has 3 aromatic rings. The van der Waals surface area contributed by atoms with Gasteiger partial charge in [0.2, 0.25) is 0 Å². The first kappa shape index (κ1) is 21.6. The third kappa shape index (κ3) is 3.88. The number of hydrogen-bond acceptors (Lipinski definition) is 6. The minimum Gasteiger partial charge on any atom is -0.495 e. The van der Waals surface area contributed by atoms with Gasteiger partial charge in [-0.15, -0.1) is 0 Å². The number of amides is 2. The van der Waals surface area contributed by atoms with Crippen LogP contribution in [0.1, 0.15) is 25.7 Å². The maximum absolute atomic E-state index is 13.0. The van der Waals surface area contributed by atoms with Gasteiger partial charge < -0.3 is 19.5 Å². The Bertz CT molecular complexity index is 1250. The Morgan fingerprint density at radius 2 is 1.77 bits per heavy atom. The Balaban J connectivity index is 1.54. The molecule has 3 heterocycles. The first-order valence-corrected chi connectivity index (χ1v) is 10.9. The predicted octanol–water partition coefficient (Wildman–Crippen LogP) is 3.21. The third-order valence-corrected chi connectivity index (χ3v) is 7.04. The van der Waals surface area contributed by atoms with Crippen molar-refractivity contribution in [2.75, 3.05) is 33.3 Å². The maximum Gasteiger partial charge on any atom is 0.270 e. The van der Waals surface area contributed by atoms with Crippen LogP contribution in [0, 0.1) is 6.92 Å². The van der Waals surface area contributed by atoms with Crippen LogP contribution in [0.15, 0.2) is 23.0 Å². The van der Waals surface area contributed by atoms with Crippen LogP contribution >= 0.6 is 34.7 Å².